The molecule has 130 valence electrons. The Morgan fingerprint density at radius 1 is 1.30 bits per heavy atom. The molecule has 12 heteroatoms. The summed E-state index contributed by atoms with van der Waals surface area (Å²) >= 11 is 0. The summed E-state index contributed by atoms with van der Waals surface area (Å²) in [6.45, 7) is 1.99. The van der Waals surface area contributed by atoms with Crippen LogP contribution < -0.4 is 5.32 Å². The van der Waals surface area contributed by atoms with Gasteiger partial charge in [0.25, 0.3) is 11.5 Å². The Bertz CT molecular complexity index is 581. The zero-order valence-corrected chi connectivity index (χ0v) is 11.7. The smallest absolute Gasteiger partial charge is 0.362 e. The highest BCUT2D eigenvalue weighted by atomic mass is 19.4. The van der Waals surface area contributed by atoms with Crippen LogP contribution in [0.3, 0.4) is 0 Å². The maximum absolute atomic E-state index is 12.9. The molecule has 0 aromatic heterocycles. The summed E-state index contributed by atoms with van der Waals surface area (Å²) < 4.78 is 74.8. The number of carbonyl (C=O) groups is 2. The maximum atomic E-state index is 12.9. The molecule has 0 bridgehead atoms. The maximum Gasteiger partial charge on any atom is 0.454 e. The Hall–Kier alpha value is -2.11. The zero-order chi connectivity index (χ0) is 18.2. The molecule has 0 aromatic carbocycles. The first-order chi connectivity index (χ1) is 10.2. The van der Waals surface area contributed by atoms with Crippen molar-refractivity contribution in [2.75, 3.05) is 0 Å². The molecule has 0 saturated heterocycles. The molecule has 1 aliphatic rings. The SMILES string of the molecule is CC1=NN(C(=O)N/C(C)=C/C(=O)C(F)(F)F)[C@](O)(C(F)(F)F)C1. The van der Waals surface area contributed by atoms with Gasteiger partial charge in [-0.1, -0.05) is 0 Å². The molecule has 0 aromatic rings. The molecule has 0 aliphatic carbocycles. The van der Waals surface area contributed by atoms with Gasteiger partial charge in [-0.05, 0) is 13.8 Å². The molecule has 0 radical (unpaired) electrons. The quantitative estimate of drug-likeness (QED) is 0.593. The van der Waals surface area contributed by atoms with Crippen molar-refractivity contribution in [1.82, 2.24) is 10.3 Å². The van der Waals surface area contributed by atoms with Crippen molar-refractivity contribution in [3.05, 3.63) is 11.8 Å². The number of hydrogen-bond donors (Lipinski definition) is 2. The average molecular weight is 347 g/mol. The van der Waals surface area contributed by atoms with Crippen LogP contribution in [-0.4, -0.2) is 45.7 Å². The van der Waals surface area contributed by atoms with Gasteiger partial charge in [-0.15, -0.1) is 0 Å². The van der Waals surface area contributed by atoms with Crippen LogP contribution in [-0.2, 0) is 4.79 Å². The van der Waals surface area contributed by atoms with Crippen LogP contribution in [0.15, 0.2) is 16.9 Å². The van der Waals surface area contributed by atoms with Gasteiger partial charge < -0.3 is 10.4 Å². The first-order valence-electron chi connectivity index (χ1n) is 5.92. The zero-order valence-electron chi connectivity index (χ0n) is 11.7. The number of urea groups is 1. The van der Waals surface area contributed by atoms with Gasteiger partial charge in [0, 0.05) is 23.9 Å². The molecule has 0 saturated carbocycles. The Balaban J connectivity index is 2.97. The van der Waals surface area contributed by atoms with Crippen LogP contribution in [0.1, 0.15) is 20.3 Å². The van der Waals surface area contributed by atoms with Crippen molar-refractivity contribution in [2.45, 2.75) is 38.3 Å². The largest absolute Gasteiger partial charge is 0.454 e. The number of carbonyl (C=O) groups excluding carboxylic acids is 2. The number of hydrogen-bond acceptors (Lipinski definition) is 4. The van der Waals surface area contributed by atoms with Gasteiger partial charge in [0.2, 0.25) is 0 Å². The second kappa shape index (κ2) is 5.83. The minimum absolute atomic E-state index is 0.00279. The molecular formula is C11H11F6N3O3. The predicted molar refractivity (Wildman–Crippen MR) is 63.9 cm³/mol. The van der Waals surface area contributed by atoms with Crippen molar-refractivity contribution in [3.63, 3.8) is 0 Å². The van der Waals surface area contributed by atoms with E-state index in [4.69, 9.17) is 0 Å². The molecule has 6 nitrogen and oxygen atoms in total. The average Bonchev–Trinajstić information content (AvgIpc) is 2.63. The van der Waals surface area contributed by atoms with Crippen molar-refractivity contribution in [3.8, 4) is 0 Å². The van der Waals surface area contributed by atoms with E-state index in [1.165, 1.54) is 0 Å². The topological polar surface area (TPSA) is 82.0 Å². The van der Waals surface area contributed by atoms with E-state index in [2.05, 4.69) is 5.10 Å². The van der Waals surface area contributed by atoms with Crippen LogP contribution in [0, 0.1) is 0 Å². The van der Waals surface area contributed by atoms with Crippen molar-refractivity contribution >= 4 is 17.5 Å². The van der Waals surface area contributed by atoms with E-state index >= 15 is 0 Å². The molecule has 0 spiro atoms. The van der Waals surface area contributed by atoms with Gasteiger partial charge in [0.1, 0.15) is 0 Å². The first kappa shape index (κ1) is 18.9. The number of rotatable bonds is 2. The highest BCUT2D eigenvalue weighted by Crippen LogP contribution is 2.40. The highest BCUT2D eigenvalue weighted by Gasteiger charge is 2.62. The van der Waals surface area contributed by atoms with E-state index < -0.39 is 42.0 Å². The van der Waals surface area contributed by atoms with Crippen molar-refractivity contribution in [2.24, 2.45) is 5.10 Å². The van der Waals surface area contributed by atoms with Crippen LogP contribution in [0.5, 0.6) is 0 Å². The van der Waals surface area contributed by atoms with E-state index in [0.717, 1.165) is 13.8 Å². The number of ketones is 1. The van der Waals surface area contributed by atoms with Crippen LogP contribution >= 0.6 is 0 Å². The van der Waals surface area contributed by atoms with Gasteiger partial charge in [-0.2, -0.15) is 36.5 Å². The van der Waals surface area contributed by atoms with Crippen LogP contribution in [0.2, 0.25) is 0 Å². The summed E-state index contributed by atoms with van der Waals surface area (Å²) in [6.07, 6.45) is -11.4. The number of allylic oxidation sites excluding steroid dienone is 2. The van der Waals surface area contributed by atoms with E-state index in [0.29, 0.717) is 0 Å². The van der Waals surface area contributed by atoms with Gasteiger partial charge in [0.05, 0.1) is 0 Å². The van der Waals surface area contributed by atoms with E-state index in [-0.39, 0.29) is 16.8 Å². The van der Waals surface area contributed by atoms with Crippen LogP contribution in [0.25, 0.3) is 0 Å². The third-order valence-corrected chi connectivity index (χ3v) is 2.70. The molecule has 1 rings (SSSR count). The Morgan fingerprint density at radius 3 is 2.26 bits per heavy atom. The summed E-state index contributed by atoms with van der Waals surface area (Å²) in [5, 5.41) is 14.1. The molecule has 1 atom stereocenters. The molecule has 1 aliphatic heterocycles. The second-order valence-corrected chi connectivity index (χ2v) is 4.76. The lowest BCUT2D eigenvalue weighted by Crippen LogP contribution is -2.58. The van der Waals surface area contributed by atoms with Gasteiger partial charge in [-0.3, -0.25) is 4.79 Å². The summed E-state index contributed by atoms with van der Waals surface area (Å²) in [5.41, 5.74) is -4.50. The number of hydrazone groups is 1. The molecule has 0 fully saturated rings. The van der Waals surface area contributed by atoms with Gasteiger partial charge in [-0.25, -0.2) is 4.79 Å². The normalized spacial score (nSPS) is 22.9. The molecule has 2 amide bonds. The minimum Gasteiger partial charge on any atom is -0.362 e. The molecule has 0 unspecified atom stereocenters. The third-order valence-electron chi connectivity index (χ3n) is 2.70. The fraction of sp³-hybridized carbons (Fsp3) is 0.545. The predicted octanol–water partition coefficient (Wildman–Crippen LogP) is 2.06. The Kier molecular flexibility index (Phi) is 4.80. The number of amides is 2. The number of halogens is 6. The van der Waals surface area contributed by atoms with Crippen molar-refractivity contribution < 1.29 is 41.0 Å². The summed E-state index contributed by atoms with van der Waals surface area (Å²) in [5.74, 6) is -2.30. The number of alkyl halides is 6. The summed E-state index contributed by atoms with van der Waals surface area (Å²) in [7, 11) is 0. The molecule has 2 N–H and O–H groups in total. The Morgan fingerprint density at radius 2 is 1.83 bits per heavy atom. The molecule has 23 heavy (non-hydrogen) atoms. The molecular weight excluding hydrogens is 336 g/mol. The monoisotopic (exact) mass is 347 g/mol. The standard InChI is InChI=1S/C11H11F6N3O3/c1-5(3-7(21)10(12,13)14)18-8(22)20-9(23,11(15,16)17)4-6(2)19-20/h3,23H,4H2,1-2H3,(H,18,22)/b5-3+/t9-/m1/s1. The van der Waals surface area contributed by atoms with E-state index in [1.807, 2.05) is 0 Å². The minimum atomic E-state index is -5.25. The summed E-state index contributed by atoms with van der Waals surface area (Å²) in [4.78, 5) is 22.4. The van der Waals surface area contributed by atoms with E-state index in [1.54, 1.807) is 5.32 Å². The molecule has 1 heterocycles. The fourth-order valence-electron chi connectivity index (χ4n) is 1.69. The second-order valence-electron chi connectivity index (χ2n) is 4.76. The highest BCUT2D eigenvalue weighted by molar-refractivity contribution is 5.95. The van der Waals surface area contributed by atoms with Gasteiger partial charge in [0.15, 0.2) is 0 Å². The first-order valence-corrected chi connectivity index (χ1v) is 5.92. The number of nitrogens with one attached hydrogen (secondary N) is 1. The van der Waals surface area contributed by atoms with Crippen molar-refractivity contribution in [1.29, 1.82) is 0 Å². The summed E-state index contributed by atoms with van der Waals surface area (Å²) in [6, 6.07) is -1.63. The number of aliphatic hydroxyl groups is 1. The fourth-order valence-corrected chi connectivity index (χ4v) is 1.69. The van der Waals surface area contributed by atoms with Gasteiger partial charge >= 0.3 is 18.4 Å². The number of nitrogens with zero attached hydrogens (tertiary/aromatic N) is 2. The third kappa shape index (κ3) is 4.00. The Labute approximate surface area is 125 Å². The lowest BCUT2D eigenvalue weighted by Gasteiger charge is -2.32. The lowest BCUT2D eigenvalue weighted by molar-refractivity contribution is -0.297. The van der Waals surface area contributed by atoms with Crippen LogP contribution in [0.4, 0.5) is 31.1 Å². The van der Waals surface area contributed by atoms with E-state index in [9.17, 15) is 41.0 Å². The lowest BCUT2D eigenvalue weighted by atomic mass is 10.1.